The van der Waals surface area contributed by atoms with E-state index in [2.05, 4.69) is 11.1 Å². The van der Waals surface area contributed by atoms with Crippen LogP contribution in [0.1, 0.15) is 23.2 Å². The van der Waals surface area contributed by atoms with Crippen molar-refractivity contribution < 1.29 is 0 Å². The van der Waals surface area contributed by atoms with Crippen LogP contribution in [0.2, 0.25) is 0 Å². The Bertz CT molecular complexity index is 323. The van der Waals surface area contributed by atoms with Gasteiger partial charge in [-0.15, -0.1) is 0 Å². The molecule has 2 nitrogen and oxygen atoms in total. The Labute approximate surface area is 65.5 Å². The van der Waals surface area contributed by atoms with E-state index in [9.17, 15) is 0 Å². The van der Waals surface area contributed by atoms with Crippen molar-refractivity contribution in [2.75, 3.05) is 0 Å². The predicted molar refractivity (Wildman–Crippen MR) is 41.0 cm³/mol. The SMILES string of the molecule is N#Cc1nccc2c1CCC2. The first kappa shape index (κ1) is 6.36. The fraction of sp³-hybridized carbons (Fsp3) is 0.333. The van der Waals surface area contributed by atoms with E-state index in [0.29, 0.717) is 5.69 Å². The van der Waals surface area contributed by atoms with Crippen LogP contribution >= 0.6 is 0 Å². The topological polar surface area (TPSA) is 36.7 Å². The molecule has 0 bridgehead atoms. The van der Waals surface area contributed by atoms with Gasteiger partial charge in [-0.2, -0.15) is 5.26 Å². The van der Waals surface area contributed by atoms with E-state index in [1.165, 1.54) is 17.5 Å². The molecule has 1 aromatic heterocycles. The molecule has 1 heterocycles. The van der Waals surface area contributed by atoms with E-state index in [1.54, 1.807) is 6.20 Å². The third-order valence-electron chi connectivity index (χ3n) is 2.13. The summed E-state index contributed by atoms with van der Waals surface area (Å²) >= 11 is 0. The Morgan fingerprint density at radius 2 is 2.36 bits per heavy atom. The van der Waals surface area contributed by atoms with Crippen molar-refractivity contribution in [1.29, 1.82) is 5.26 Å². The first-order chi connectivity index (χ1) is 5.42. The molecule has 1 aromatic rings. The molecule has 0 atom stereocenters. The molecule has 0 unspecified atom stereocenters. The Morgan fingerprint density at radius 1 is 1.45 bits per heavy atom. The third-order valence-corrected chi connectivity index (χ3v) is 2.13. The molecule has 0 radical (unpaired) electrons. The molecule has 0 saturated heterocycles. The van der Waals surface area contributed by atoms with Crippen LogP contribution in [0.3, 0.4) is 0 Å². The van der Waals surface area contributed by atoms with E-state index >= 15 is 0 Å². The average Bonchev–Trinajstić information content (AvgIpc) is 2.50. The van der Waals surface area contributed by atoms with Crippen molar-refractivity contribution in [2.45, 2.75) is 19.3 Å². The first-order valence-corrected chi connectivity index (χ1v) is 3.78. The molecular weight excluding hydrogens is 136 g/mol. The normalized spacial score (nSPS) is 14.1. The molecule has 0 spiro atoms. The highest BCUT2D eigenvalue weighted by Crippen LogP contribution is 2.22. The molecule has 0 fully saturated rings. The quantitative estimate of drug-likeness (QED) is 0.552. The van der Waals surface area contributed by atoms with Gasteiger partial charge >= 0.3 is 0 Å². The summed E-state index contributed by atoms with van der Waals surface area (Å²) in [4.78, 5) is 4.01. The van der Waals surface area contributed by atoms with Crippen molar-refractivity contribution in [2.24, 2.45) is 0 Å². The van der Waals surface area contributed by atoms with E-state index in [-0.39, 0.29) is 0 Å². The van der Waals surface area contributed by atoms with Gasteiger partial charge in [0.25, 0.3) is 0 Å². The van der Waals surface area contributed by atoms with Crippen molar-refractivity contribution >= 4 is 0 Å². The second kappa shape index (κ2) is 2.35. The summed E-state index contributed by atoms with van der Waals surface area (Å²) in [5, 5.41) is 8.69. The highest BCUT2D eigenvalue weighted by Gasteiger charge is 2.14. The molecule has 11 heavy (non-hydrogen) atoms. The Morgan fingerprint density at radius 3 is 3.18 bits per heavy atom. The second-order valence-electron chi connectivity index (χ2n) is 2.76. The van der Waals surface area contributed by atoms with Crippen LogP contribution < -0.4 is 0 Å². The van der Waals surface area contributed by atoms with Crippen LogP contribution in [-0.4, -0.2) is 4.98 Å². The minimum atomic E-state index is 0.625. The number of pyridine rings is 1. The number of rotatable bonds is 0. The lowest BCUT2D eigenvalue weighted by Crippen LogP contribution is -1.90. The standard InChI is InChI=1S/C9H8N2/c10-6-9-8-3-1-2-7(8)4-5-11-9/h4-5H,1-3H2. The minimum Gasteiger partial charge on any atom is -0.245 e. The zero-order chi connectivity index (χ0) is 7.68. The lowest BCUT2D eigenvalue weighted by atomic mass is 10.1. The average molecular weight is 144 g/mol. The zero-order valence-electron chi connectivity index (χ0n) is 6.17. The zero-order valence-corrected chi connectivity index (χ0v) is 6.17. The molecule has 2 heteroatoms. The van der Waals surface area contributed by atoms with Crippen molar-refractivity contribution in [1.82, 2.24) is 4.98 Å². The Hall–Kier alpha value is -1.36. The number of aryl methyl sites for hydroxylation is 1. The minimum absolute atomic E-state index is 0.625. The van der Waals surface area contributed by atoms with E-state index in [4.69, 9.17) is 5.26 Å². The summed E-state index contributed by atoms with van der Waals surface area (Å²) < 4.78 is 0. The molecule has 0 saturated carbocycles. The smallest absolute Gasteiger partial charge is 0.143 e. The van der Waals surface area contributed by atoms with Crippen molar-refractivity contribution in [3.05, 3.63) is 29.1 Å². The van der Waals surface area contributed by atoms with Gasteiger partial charge in [0, 0.05) is 6.20 Å². The van der Waals surface area contributed by atoms with Crippen LogP contribution in [0, 0.1) is 11.3 Å². The molecule has 54 valence electrons. The van der Waals surface area contributed by atoms with Crippen LogP contribution in [0.25, 0.3) is 0 Å². The lowest BCUT2D eigenvalue weighted by Gasteiger charge is -1.97. The number of fused-ring (bicyclic) bond motifs is 1. The first-order valence-electron chi connectivity index (χ1n) is 3.78. The molecular formula is C9H8N2. The number of hydrogen-bond donors (Lipinski definition) is 0. The summed E-state index contributed by atoms with van der Waals surface area (Å²) in [5.41, 5.74) is 3.12. The van der Waals surface area contributed by atoms with Crippen molar-refractivity contribution in [3.63, 3.8) is 0 Å². The predicted octanol–water partition coefficient (Wildman–Crippen LogP) is 1.44. The van der Waals surface area contributed by atoms with Gasteiger partial charge in [0.2, 0.25) is 0 Å². The third kappa shape index (κ3) is 0.894. The number of nitriles is 1. The van der Waals surface area contributed by atoms with Gasteiger partial charge < -0.3 is 0 Å². The fourth-order valence-corrected chi connectivity index (χ4v) is 1.60. The lowest BCUT2D eigenvalue weighted by molar-refractivity contribution is 0.909. The van der Waals surface area contributed by atoms with E-state index < -0.39 is 0 Å². The monoisotopic (exact) mass is 144 g/mol. The van der Waals surface area contributed by atoms with Gasteiger partial charge in [-0.1, -0.05) is 0 Å². The summed E-state index contributed by atoms with van der Waals surface area (Å²) in [6.45, 7) is 0. The molecule has 0 aliphatic heterocycles. The maximum atomic E-state index is 8.69. The van der Waals surface area contributed by atoms with Crippen molar-refractivity contribution in [3.8, 4) is 6.07 Å². The molecule has 0 N–H and O–H groups in total. The van der Waals surface area contributed by atoms with Crippen LogP contribution in [-0.2, 0) is 12.8 Å². The van der Waals surface area contributed by atoms with Gasteiger partial charge in [-0.05, 0) is 36.5 Å². The highest BCUT2D eigenvalue weighted by molar-refractivity contribution is 5.39. The largest absolute Gasteiger partial charge is 0.245 e. The van der Waals surface area contributed by atoms with Gasteiger partial charge in [-0.3, -0.25) is 0 Å². The number of aromatic nitrogens is 1. The summed E-state index contributed by atoms with van der Waals surface area (Å²) in [6, 6.07) is 4.13. The maximum absolute atomic E-state index is 8.69. The number of nitrogens with zero attached hydrogens (tertiary/aromatic N) is 2. The molecule has 0 aromatic carbocycles. The number of hydrogen-bond acceptors (Lipinski definition) is 2. The summed E-state index contributed by atoms with van der Waals surface area (Å²) in [5.74, 6) is 0. The van der Waals surface area contributed by atoms with Crippen LogP contribution in [0.4, 0.5) is 0 Å². The van der Waals surface area contributed by atoms with Crippen LogP contribution in [0.15, 0.2) is 12.3 Å². The van der Waals surface area contributed by atoms with Gasteiger partial charge in [0.1, 0.15) is 11.8 Å². The van der Waals surface area contributed by atoms with Crippen LogP contribution in [0.5, 0.6) is 0 Å². The molecule has 0 amide bonds. The maximum Gasteiger partial charge on any atom is 0.143 e. The van der Waals surface area contributed by atoms with E-state index in [1.807, 2.05) is 6.07 Å². The molecule has 2 rings (SSSR count). The van der Waals surface area contributed by atoms with E-state index in [0.717, 1.165) is 12.8 Å². The second-order valence-corrected chi connectivity index (χ2v) is 2.76. The Kier molecular flexibility index (Phi) is 1.36. The van der Waals surface area contributed by atoms with Gasteiger partial charge in [-0.25, -0.2) is 4.98 Å². The summed E-state index contributed by atoms with van der Waals surface area (Å²) in [6.07, 6.45) is 5.05. The van der Waals surface area contributed by atoms with Gasteiger partial charge in [0.05, 0.1) is 0 Å². The summed E-state index contributed by atoms with van der Waals surface area (Å²) in [7, 11) is 0. The highest BCUT2D eigenvalue weighted by atomic mass is 14.7. The molecule has 1 aliphatic carbocycles. The molecule has 1 aliphatic rings. The Balaban J connectivity index is 2.61. The fourth-order valence-electron chi connectivity index (χ4n) is 1.60. The van der Waals surface area contributed by atoms with Gasteiger partial charge in [0.15, 0.2) is 0 Å².